The van der Waals surface area contributed by atoms with Gasteiger partial charge in [-0.25, -0.2) is 0 Å². The molecule has 2 aromatic rings. The highest BCUT2D eigenvalue weighted by Gasteiger charge is 2.19. The van der Waals surface area contributed by atoms with Gasteiger partial charge < -0.3 is 14.0 Å². The molecule has 0 bridgehead atoms. The summed E-state index contributed by atoms with van der Waals surface area (Å²) in [5.74, 6) is 0.720. The van der Waals surface area contributed by atoms with E-state index in [-0.39, 0.29) is 12.1 Å². The molecule has 0 amide bonds. The molecule has 0 radical (unpaired) electrons. The first-order chi connectivity index (χ1) is 17.9. The van der Waals surface area contributed by atoms with Crippen molar-refractivity contribution in [3.05, 3.63) is 65.7 Å². The number of benzene rings is 2. The van der Waals surface area contributed by atoms with Gasteiger partial charge in [-0.05, 0) is 37.0 Å². The second-order valence-corrected chi connectivity index (χ2v) is 11.1. The van der Waals surface area contributed by atoms with Crippen LogP contribution in [-0.2, 0) is 22.5 Å². The van der Waals surface area contributed by atoms with Crippen LogP contribution in [0.3, 0.4) is 0 Å². The minimum absolute atomic E-state index is 0.126. The van der Waals surface area contributed by atoms with Crippen LogP contribution in [0, 0.1) is 0 Å². The maximum Gasteiger partial charge on any atom is 0.311 e. The Morgan fingerprint density at radius 2 is 1.46 bits per heavy atom. The lowest BCUT2D eigenvalue weighted by molar-refractivity contribution is -0.903. The Morgan fingerprint density at radius 1 is 0.811 bits per heavy atom. The van der Waals surface area contributed by atoms with Crippen molar-refractivity contribution in [3.8, 4) is 5.75 Å². The van der Waals surface area contributed by atoms with Gasteiger partial charge in [0.05, 0.1) is 27.1 Å². The molecule has 4 heteroatoms. The standard InChI is InChI=1S/C33H52NO3/c1-5-7-8-9-10-11-12-13-15-19-29-22-18-23-32(26-29)37-31(6-2)28-36-33(35)24-25-34(3,4)27-30-20-16-14-17-21-30/h14,16-18,20-23,26,31H,5-13,15,19,24-25,27-28H2,1-4H3/q+1. The molecular formula is C33H52NO3+. The summed E-state index contributed by atoms with van der Waals surface area (Å²) in [7, 11) is 4.31. The van der Waals surface area contributed by atoms with Gasteiger partial charge >= 0.3 is 5.97 Å². The summed E-state index contributed by atoms with van der Waals surface area (Å²) in [5.41, 5.74) is 2.60. The Morgan fingerprint density at radius 3 is 2.14 bits per heavy atom. The molecule has 0 aliphatic rings. The van der Waals surface area contributed by atoms with E-state index in [1.54, 1.807) is 0 Å². The van der Waals surface area contributed by atoms with Crippen LogP contribution < -0.4 is 4.74 Å². The van der Waals surface area contributed by atoms with E-state index in [4.69, 9.17) is 9.47 Å². The van der Waals surface area contributed by atoms with Crippen LogP contribution in [0.15, 0.2) is 54.6 Å². The number of ether oxygens (including phenoxy) is 2. The number of nitrogens with zero attached hydrogens (tertiary/aromatic N) is 1. The molecule has 4 nitrogen and oxygen atoms in total. The van der Waals surface area contributed by atoms with Crippen LogP contribution in [-0.4, -0.2) is 43.8 Å². The minimum Gasteiger partial charge on any atom is -0.487 e. The molecule has 1 atom stereocenters. The van der Waals surface area contributed by atoms with E-state index in [0.717, 1.165) is 36.2 Å². The molecule has 206 valence electrons. The number of carbonyl (C=O) groups is 1. The van der Waals surface area contributed by atoms with E-state index in [1.807, 2.05) is 12.1 Å². The third-order valence-corrected chi connectivity index (χ3v) is 7.03. The van der Waals surface area contributed by atoms with Crippen molar-refractivity contribution in [1.29, 1.82) is 0 Å². The molecular weight excluding hydrogens is 458 g/mol. The summed E-state index contributed by atoms with van der Waals surface area (Å²) in [6, 6.07) is 18.8. The number of hydrogen-bond acceptors (Lipinski definition) is 3. The van der Waals surface area contributed by atoms with E-state index in [9.17, 15) is 4.79 Å². The van der Waals surface area contributed by atoms with Crippen molar-refractivity contribution in [2.24, 2.45) is 0 Å². The van der Waals surface area contributed by atoms with E-state index in [1.165, 1.54) is 68.9 Å². The van der Waals surface area contributed by atoms with Crippen molar-refractivity contribution in [3.63, 3.8) is 0 Å². The Labute approximate surface area is 227 Å². The fraction of sp³-hybridized carbons (Fsp3) is 0.606. The highest BCUT2D eigenvalue weighted by Crippen LogP contribution is 2.19. The number of quaternary nitrogens is 1. The molecule has 0 aromatic heterocycles. The summed E-state index contributed by atoms with van der Waals surface area (Å²) in [6.45, 7) is 6.28. The molecule has 2 aromatic carbocycles. The highest BCUT2D eigenvalue weighted by atomic mass is 16.6. The number of esters is 1. The monoisotopic (exact) mass is 510 g/mol. The predicted octanol–water partition coefficient (Wildman–Crippen LogP) is 8.13. The van der Waals surface area contributed by atoms with Gasteiger partial charge in [-0.3, -0.25) is 4.79 Å². The second kappa shape index (κ2) is 18.0. The number of hydrogen-bond donors (Lipinski definition) is 0. The summed E-state index contributed by atoms with van der Waals surface area (Å²) in [5, 5.41) is 0. The molecule has 1 unspecified atom stereocenters. The largest absolute Gasteiger partial charge is 0.487 e. The molecule has 0 spiro atoms. The van der Waals surface area contributed by atoms with Crippen molar-refractivity contribution < 1.29 is 18.8 Å². The van der Waals surface area contributed by atoms with Gasteiger partial charge in [0.1, 0.15) is 25.0 Å². The Kier molecular flexibility index (Phi) is 15.0. The number of aryl methyl sites for hydroxylation is 1. The minimum atomic E-state index is -0.152. The summed E-state index contributed by atoms with van der Waals surface area (Å²) < 4.78 is 12.5. The van der Waals surface area contributed by atoms with Crippen LogP contribution >= 0.6 is 0 Å². The van der Waals surface area contributed by atoms with E-state index in [0.29, 0.717) is 13.0 Å². The fourth-order valence-electron chi connectivity index (χ4n) is 4.65. The summed E-state index contributed by atoms with van der Waals surface area (Å²) in [6.07, 6.45) is 14.3. The molecule has 0 aliphatic heterocycles. The van der Waals surface area contributed by atoms with Gasteiger partial charge in [0.2, 0.25) is 0 Å². The molecule has 0 heterocycles. The van der Waals surface area contributed by atoms with Gasteiger partial charge in [0.25, 0.3) is 0 Å². The maximum absolute atomic E-state index is 12.4. The highest BCUT2D eigenvalue weighted by molar-refractivity contribution is 5.69. The zero-order valence-corrected chi connectivity index (χ0v) is 24.1. The molecule has 37 heavy (non-hydrogen) atoms. The van der Waals surface area contributed by atoms with Gasteiger partial charge in [-0.2, -0.15) is 0 Å². The normalized spacial score (nSPS) is 12.3. The van der Waals surface area contributed by atoms with Crippen molar-refractivity contribution in [1.82, 2.24) is 0 Å². The first-order valence-corrected chi connectivity index (χ1v) is 14.7. The lowest BCUT2D eigenvalue weighted by atomic mass is 10.0. The average molecular weight is 511 g/mol. The van der Waals surface area contributed by atoms with Crippen molar-refractivity contribution >= 4 is 5.97 Å². The predicted molar refractivity (Wildman–Crippen MR) is 155 cm³/mol. The summed E-state index contributed by atoms with van der Waals surface area (Å²) in [4.78, 5) is 12.4. The first-order valence-electron chi connectivity index (χ1n) is 14.7. The third kappa shape index (κ3) is 14.3. The van der Waals surface area contributed by atoms with Crippen LogP contribution in [0.5, 0.6) is 5.75 Å². The molecule has 0 saturated heterocycles. The lowest BCUT2D eigenvalue weighted by Gasteiger charge is -2.29. The van der Waals surface area contributed by atoms with Crippen molar-refractivity contribution in [2.45, 2.75) is 104 Å². The first kappa shape index (κ1) is 30.9. The van der Waals surface area contributed by atoms with Gasteiger partial charge in [-0.1, -0.05) is 108 Å². The Hall–Kier alpha value is -2.33. The Balaban J connectivity index is 1.66. The Bertz CT molecular complexity index is 865. The van der Waals surface area contributed by atoms with Crippen LogP contribution in [0.4, 0.5) is 0 Å². The second-order valence-electron chi connectivity index (χ2n) is 11.1. The number of unbranched alkanes of at least 4 members (excludes halogenated alkanes) is 8. The molecule has 2 rings (SSSR count). The van der Waals surface area contributed by atoms with Crippen molar-refractivity contribution in [2.75, 3.05) is 27.2 Å². The smallest absolute Gasteiger partial charge is 0.311 e. The SMILES string of the molecule is CCCCCCCCCCCc1cccc(OC(CC)COC(=O)CC[N+](C)(C)Cc2ccccc2)c1. The van der Waals surface area contributed by atoms with Crippen LogP contribution in [0.25, 0.3) is 0 Å². The lowest BCUT2D eigenvalue weighted by Crippen LogP contribution is -2.40. The molecule has 0 saturated carbocycles. The van der Waals surface area contributed by atoms with E-state index in [2.05, 4.69) is 70.4 Å². The van der Waals surface area contributed by atoms with E-state index < -0.39 is 0 Å². The van der Waals surface area contributed by atoms with Gasteiger partial charge in [0.15, 0.2) is 0 Å². The zero-order valence-electron chi connectivity index (χ0n) is 24.1. The maximum atomic E-state index is 12.4. The summed E-state index contributed by atoms with van der Waals surface area (Å²) >= 11 is 0. The zero-order chi connectivity index (χ0) is 26.8. The number of rotatable bonds is 20. The average Bonchev–Trinajstić information content (AvgIpc) is 2.89. The number of carbonyl (C=O) groups excluding carboxylic acids is 1. The van der Waals surface area contributed by atoms with E-state index >= 15 is 0 Å². The third-order valence-electron chi connectivity index (χ3n) is 7.03. The molecule has 0 aliphatic carbocycles. The topological polar surface area (TPSA) is 35.5 Å². The molecule has 0 fully saturated rings. The van der Waals surface area contributed by atoms with Gasteiger partial charge in [-0.15, -0.1) is 0 Å². The quantitative estimate of drug-likeness (QED) is 0.102. The van der Waals surface area contributed by atoms with Crippen LogP contribution in [0.1, 0.15) is 95.6 Å². The van der Waals surface area contributed by atoms with Gasteiger partial charge in [0, 0.05) is 5.56 Å². The fourth-order valence-corrected chi connectivity index (χ4v) is 4.65. The van der Waals surface area contributed by atoms with Crippen LogP contribution in [0.2, 0.25) is 0 Å². The molecule has 0 N–H and O–H groups in total.